The second kappa shape index (κ2) is 9.55. The van der Waals surface area contributed by atoms with Crippen LogP contribution in [0.2, 0.25) is 10.0 Å². The maximum atomic E-state index is 13.9. The zero-order chi connectivity index (χ0) is 21.8. The van der Waals surface area contributed by atoms with E-state index in [-0.39, 0.29) is 47.2 Å². The van der Waals surface area contributed by atoms with Gasteiger partial charge in [0.25, 0.3) is 0 Å². The standard InChI is InChI=1S/C19H22Cl2FN7O/c20-12-1-2-13(22)17(21)11(12)9-29-4-3-27-19(25)15(29)6-14(23)18(24)28-16(30)5-10-7-26-8-10/h1-2,6,10,23,26H,3-5,7-9H2,(H2,25,27)(H2,24,28,30)/b15-6+,23-14?. The summed E-state index contributed by atoms with van der Waals surface area (Å²) in [5, 5.41) is 11.5. The van der Waals surface area contributed by atoms with Crippen LogP contribution >= 0.6 is 23.2 Å². The van der Waals surface area contributed by atoms with Gasteiger partial charge in [-0.3, -0.25) is 15.2 Å². The maximum absolute atomic E-state index is 13.9. The molecule has 0 saturated carbocycles. The van der Waals surface area contributed by atoms with Crippen LogP contribution in [0.25, 0.3) is 0 Å². The van der Waals surface area contributed by atoms with Gasteiger partial charge in [0, 0.05) is 30.1 Å². The van der Waals surface area contributed by atoms with Gasteiger partial charge in [0.05, 0.1) is 23.0 Å². The normalized spacial score (nSPS) is 18.9. The summed E-state index contributed by atoms with van der Waals surface area (Å²) in [6.07, 6.45) is 1.67. The minimum atomic E-state index is -0.579. The lowest BCUT2D eigenvalue weighted by molar-refractivity contribution is -0.119. The average Bonchev–Trinajstić information content (AvgIpc) is 2.67. The van der Waals surface area contributed by atoms with Crippen molar-refractivity contribution in [1.82, 2.24) is 10.2 Å². The molecule has 1 fully saturated rings. The lowest BCUT2D eigenvalue weighted by atomic mass is 9.99. The Balaban J connectivity index is 1.80. The van der Waals surface area contributed by atoms with Crippen LogP contribution in [0.5, 0.6) is 0 Å². The molecule has 160 valence electrons. The zero-order valence-corrected chi connectivity index (χ0v) is 17.6. The molecular weight excluding hydrogens is 432 g/mol. The topological polar surface area (TPSA) is 133 Å². The number of nitrogens with two attached hydrogens (primary N) is 2. The van der Waals surface area contributed by atoms with E-state index in [0.717, 1.165) is 13.1 Å². The van der Waals surface area contributed by atoms with Crippen molar-refractivity contribution in [2.24, 2.45) is 27.4 Å². The van der Waals surface area contributed by atoms with Gasteiger partial charge < -0.3 is 21.7 Å². The van der Waals surface area contributed by atoms with E-state index in [1.165, 1.54) is 18.2 Å². The highest BCUT2D eigenvalue weighted by molar-refractivity contribution is 6.45. The van der Waals surface area contributed by atoms with Crippen molar-refractivity contribution in [3.05, 3.63) is 45.3 Å². The number of aliphatic imine (C=N–C) groups is 2. The number of benzene rings is 1. The number of amides is 1. The molecule has 0 unspecified atom stereocenters. The summed E-state index contributed by atoms with van der Waals surface area (Å²) in [7, 11) is 0. The van der Waals surface area contributed by atoms with Crippen LogP contribution in [0.1, 0.15) is 12.0 Å². The third kappa shape index (κ3) is 5.16. The van der Waals surface area contributed by atoms with Gasteiger partial charge in [0.1, 0.15) is 11.7 Å². The zero-order valence-electron chi connectivity index (χ0n) is 16.1. The minimum Gasteiger partial charge on any atom is -0.382 e. The molecule has 1 amide bonds. The molecule has 0 aliphatic carbocycles. The summed E-state index contributed by atoms with van der Waals surface area (Å²) in [6, 6.07) is 2.62. The van der Waals surface area contributed by atoms with Crippen molar-refractivity contribution in [1.29, 1.82) is 5.41 Å². The van der Waals surface area contributed by atoms with Crippen molar-refractivity contribution in [2.75, 3.05) is 26.2 Å². The molecule has 8 nitrogen and oxygen atoms in total. The third-order valence-corrected chi connectivity index (χ3v) is 5.64. The van der Waals surface area contributed by atoms with Crippen LogP contribution in [0.15, 0.2) is 33.9 Å². The molecule has 2 heterocycles. The largest absolute Gasteiger partial charge is 0.382 e. The van der Waals surface area contributed by atoms with Crippen LogP contribution in [0.3, 0.4) is 0 Å². The van der Waals surface area contributed by atoms with Crippen molar-refractivity contribution in [3.8, 4) is 0 Å². The van der Waals surface area contributed by atoms with Gasteiger partial charge in [0.2, 0.25) is 5.91 Å². The van der Waals surface area contributed by atoms with Crippen LogP contribution in [0.4, 0.5) is 4.39 Å². The van der Waals surface area contributed by atoms with Gasteiger partial charge >= 0.3 is 0 Å². The molecule has 1 aromatic rings. The predicted molar refractivity (Wildman–Crippen MR) is 117 cm³/mol. The molecule has 0 bridgehead atoms. The second-order valence-electron chi connectivity index (χ2n) is 7.07. The van der Waals surface area contributed by atoms with Crippen molar-refractivity contribution in [2.45, 2.75) is 13.0 Å². The van der Waals surface area contributed by atoms with Gasteiger partial charge in [-0.25, -0.2) is 4.39 Å². The minimum absolute atomic E-state index is 0.0739. The van der Waals surface area contributed by atoms with E-state index in [2.05, 4.69) is 15.3 Å². The van der Waals surface area contributed by atoms with E-state index in [4.69, 9.17) is 40.1 Å². The number of halogens is 3. The van der Waals surface area contributed by atoms with Gasteiger partial charge in [0.15, 0.2) is 5.84 Å². The molecule has 3 rings (SSSR count). The number of nitrogens with one attached hydrogen (secondary N) is 2. The molecule has 30 heavy (non-hydrogen) atoms. The monoisotopic (exact) mass is 453 g/mol. The summed E-state index contributed by atoms with van der Waals surface area (Å²) in [5.41, 5.74) is 12.5. The summed E-state index contributed by atoms with van der Waals surface area (Å²) in [6.45, 7) is 2.58. The summed E-state index contributed by atoms with van der Waals surface area (Å²) < 4.78 is 13.9. The first-order valence-electron chi connectivity index (χ1n) is 9.32. The number of nitrogens with zero attached hydrogens (tertiary/aromatic N) is 3. The number of rotatable bonds is 6. The van der Waals surface area contributed by atoms with Gasteiger partial charge in [-0.2, -0.15) is 4.99 Å². The highest BCUT2D eigenvalue weighted by Gasteiger charge is 2.23. The van der Waals surface area contributed by atoms with Crippen molar-refractivity contribution >= 4 is 46.5 Å². The molecule has 2 aliphatic rings. The van der Waals surface area contributed by atoms with E-state index < -0.39 is 5.82 Å². The Morgan fingerprint density at radius 3 is 2.83 bits per heavy atom. The van der Waals surface area contributed by atoms with Crippen LogP contribution < -0.4 is 16.8 Å². The van der Waals surface area contributed by atoms with E-state index in [1.807, 2.05) is 0 Å². The van der Waals surface area contributed by atoms with Gasteiger partial charge in [-0.15, -0.1) is 0 Å². The molecule has 1 saturated heterocycles. The third-order valence-electron chi connectivity index (χ3n) is 4.87. The highest BCUT2D eigenvalue weighted by atomic mass is 35.5. The molecule has 0 radical (unpaired) electrons. The maximum Gasteiger partial charge on any atom is 0.248 e. The SMILES string of the molecule is N=C(/C=C1\C(N)=NCCN1Cc1c(Cl)ccc(F)c1Cl)C(N)=NC(=O)CC1CNC1. The Morgan fingerprint density at radius 1 is 1.43 bits per heavy atom. The van der Waals surface area contributed by atoms with Crippen LogP contribution in [0, 0.1) is 17.1 Å². The molecule has 2 aliphatic heterocycles. The molecular formula is C19H22Cl2FN7O. The van der Waals surface area contributed by atoms with Gasteiger partial charge in [-0.05, 0) is 37.2 Å². The number of carbonyl (C=O) groups excluding carboxylic acids is 1. The Labute approximate surface area is 183 Å². The lowest BCUT2D eigenvalue weighted by Gasteiger charge is -2.30. The number of carbonyl (C=O) groups is 1. The molecule has 11 heteroatoms. The first-order valence-corrected chi connectivity index (χ1v) is 10.1. The highest BCUT2D eigenvalue weighted by Crippen LogP contribution is 2.29. The Bertz CT molecular complexity index is 956. The quantitative estimate of drug-likeness (QED) is 0.295. The van der Waals surface area contributed by atoms with Crippen molar-refractivity contribution < 1.29 is 9.18 Å². The van der Waals surface area contributed by atoms with E-state index in [9.17, 15) is 9.18 Å². The Hall–Kier alpha value is -2.49. The average molecular weight is 454 g/mol. The lowest BCUT2D eigenvalue weighted by Crippen LogP contribution is -2.43. The smallest absolute Gasteiger partial charge is 0.248 e. The van der Waals surface area contributed by atoms with Gasteiger partial charge in [-0.1, -0.05) is 23.2 Å². The van der Waals surface area contributed by atoms with Crippen LogP contribution in [-0.4, -0.2) is 54.4 Å². The van der Waals surface area contributed by atoms with E-state index in [1.54, 1.807) is 4.90 Å². The van der Waals surface area contributed by atoms with Crippen LogP contribution in [-0.2, 0) is 11.3 Å². The fraction of sp³-hybridized carbons (Fsp3) is 0.368. The molecule has 1 aromatic carbocycles. The Morgan fingerprint density at radius 2 is 2.17 bits per heavy atom. The number of hydrogen-bond donors (Lipinski definition) is 4. The Kier molecular flexibility index (Phi) is 7.06. The second-order valence-corrected chi connectivity index (χ2v) is 7.86. The van der Waals surface area contributed by atoms with E-state index in [0.29, 0.717) is 29.4 Å². The first kappa shape index (κ1) is 22.2. The summed E-state index contributed by atoms with van der Waals surface area (Å²) >= 11 is 12.3. The number of amidine groups is 2. The molecule has 0 spiro atoms. The molecule has 0 aromatic heterocycles. The first-order chi connectivity index (χ1) is 14.3. The predicted octanol–water partition coefficient (Wildman–Crippen LogP) is 1.70. The molecule has 0 atom stereocenters. The van der Waals surface area contributed by atoms with E-state index >= 15 is 0 Å². The summed E-state index contributed by atoms with van der Waals surface area (Å²) in [4.78, 5) is 21.8. The fourth-order valence-corrected chi connectivity index (χ4v) is 3.57. The molecule has 6 N–H and O–H groups in total. The fourth-order valence-electron chi connectivity index (χ4n) is 3.08. The summed E-state index contributed by atoms with van der Waals surface area (Å²) in [5.74, 6) is -0.722. The van der Waals surface area contributed by atoms with Crippen molar-refractivity contribution in [3.63, 3.8) is 0 Å². The number of hydrogen-bond acceptors (Lipinski definition) is 6.